The molecule has 4 heteroatoms. The Bertz CT molecular complexity index is 694. The van der Waals surface area contributed by atoms with Crippen LogP contribution in [-0.4, -0.2) is 37.1 Å². The van der Waals surface area contributed by atoms with Crippen molar-refractivity contribution in [2.24, 2.45) is 11.3 Å². The summed E-state index contributed by atoms with van der Waals surface area (Å²) < 4.78 is 11.5. The molecule has 1 aromatic rings. The zero-order valence-electron chi connectivity index (χ0n) is 15.0. The summed E-state index contributed by atoms with van der Waals surface area (Å²) in [6, 6.07) is 6.49. The maximum Gasteiger partial charge on any atom is 0.226 e. The van der Waals surface area contributed by atoms with Crippen LogP contribution >= 0.6 is 0 Å². The van der Waals surface area contributed by atoms with Crippen LogP contribution in [0.3, 0.4) is 0 Å². The predicted molar refractivity (Wildman–Crippen MR) is 94.5 cm³/mol. The van der Waals surface area contributed by atoms with Crippen LogP contribution in [0.4, 0.5) is 0 Å². The number of hydrogen-bond donors (Lipinski definition) is 0. The Morgan fingerprint density at radius 3 is 2.96 bits per heavy atom. The fourth-order valence-corrected chi connectivity index (χ4v) is 5.63. The molecule has 3 unspecified atom stereocenters. The number of morpholine rings is 1. The maximum absolute atomic E-state index is 13.2. The molecule has 1 saturated heterocycles. The van der Waals surface area contributed by atoms with E-state index in [0.29, 0.717) is 23.8 Å². The topological polar surface area (TPSA) is 38.8 Å². The van der Waals surface area contributed by atoms with E-state index in [1.807, 2.05) is 6.07 Å². The third kappa shape index (κ3) is 2.41. The van der Waals surface area contributed by atoms with Crippen molar-refractivity contribution in [3.05, 3.63) is 29.3 Å². The third-order valence-corrected chi connectivity index (χ3v) is 7.12. The van der Waals surface area contributed by atoms with Gasteiger partial charge in [0.1, 0.15) is 11.9 Å². The molecule has 0 N–H and O–H groups in total. The van der Waals surface area contributed by atoms with Crippen LogP contribution in [0.15, 0.2) is 18.2 Å². The Morgan fingerprint density at radius 2 is 2.16 bits per heavy atom. The Labute approximate surface area is 149 Å². The van der Waals surface area contributed by atoms with E-state index >= 15 is 0 Å². The first kappa shape index (κ1) is 15.7. The molecule has 0 aromatic heterocycles. The first-order valence-electron chi connectivity index (χ1n) is 9.81. The molecule has 4 nitrogen and oxygen atoms in total. The van der Waals surface area contributed by atoms with Gasteiger partial charge >= 0.3 is 0 Å². The van der Waals surface area contributed by atoms with Gasteiger partial charge in [-0.05, 0) is 60.8 Å². The average molecular weight is 341 g/mol. The summed E-state index contributed by atoms with van der Waals surface area (Å²) in [5.41, 5.74) is 2.94. The van der Waals surface area contributed by atoms with Gasteiger partial charge in [-0.25, -0.2) is 0 Å². The van der Waals surface area contributed by atoms with Crippen molar-refractivity contribution in [3.8, 4) is 5.75 Å². The number of benzene rings is 1. The minimum atomic E-state index is 0.0330. The van der Waals surface area contributed by atoms with Crippen molar-refractivity contribution in [1.82, 2.24) is 4.90 Å². The minimum Gasteiger partial charge on any atom is -0.497 e. The average Bonchev–Trinajstić information content (AvgIpc) is 3.16. The van der Waals surface area contributed by atoms with Gasteiger partial charge in [0.05, 0.1) is 19.8 Å². The molecule has 1 amide bonds. The molecule has 3 fully saturated rings. The molecule has 2 saturated carbocycles. The number of rotatable bonds is 2. The van der Waals surface area contributed by atoms with E-state index in [9.17, 15) is 4.79 Å². The highest BCUT2D eigenvalue weighted by molar-refractivity contribution is 5.83. The van der Waals surface area contributed by atoms with Gasteiger partial charge in [-0.2, -0.15) is 0 Å². The second-order valence-electron chi connectivity index (χ2n) is 8.32. The maximum atomic E-state index is 13.2. The third-order valence-electron chi connectivity index (χ3n) is 7.12. The smallest absolute Gasteiger partial charge is 0.226 e. The molecule has 134 valence electrons. The van der Waals surface area contributed by atoms with Crippen molar-refractivity contribution < 1.29 is 14.3 Å². The van der Waals surface area contributed by atoms with Gasteiger partial charge in [-0.15, -0.1) is 0 Å². The number of amides is 1. The van der Waals surface area contributed by atoms with E-state index < -0.39 is 0 Å². The molecule has 5 rings (SSSR count). The second-order valence-corrected chi connectivity index (χ2v) is 8.32. The summed E-state index contributed by atoms with van der Waals surface area (Å²) in [5.74, 6) is 1.62. The first-order chi connectivity index (χ1) is 12.2. The van der Waals surface area contributed by atoms with Gasteiger partial charge in [-0.3, -0.25) is 4.79 Å². The molecule has 25 heavy (non-hydrogen) atoms. The normalized spacial score (nSPS) is 32.2. The fourth-order valence-electron chi connectivity index (χ4n) is 5.63. The number of nitrogens with zero attached hydrogens (tertiary/aromatic N) is 1. The van der Waals surface area contributed by atoms with Crippen LogP contribution in [0.1, 0.15) is 55.8 Å². The number of hydrogen-bond acceptors (Lipinski definition) is 3. The molecule has 3 aliphatic carbocycles. The van der Waals surface area contributed by atoms with Crippen LogP contribution < -0.4 is 4.74 Å². The quantitative estimate of drug-likeness (QED) is 0.826. The fraction of sp³-hybridized carbons (Fsp3) is 0.667. The molecule has 0 bridgehead atoms. The second kappa shape index (κ2) is 5.73. The highest BCUT2D eigenvalue weighted by atomic mass is 16.5. The summed E-state index contributed by atoms with van der Waals surface area (Å²) in [7, 11) is 1.71. The van der Waals surface area contributed by atoms with Crippen molar-refractivity contribution in [3.63, 3.8) is 0 Å². The summed E-state index contributed by atoms with van der Waals surface area (Å²) in [5, 5.41) is 0. The molecule has 1 spiro atoms. The first-order valence-corrected chi connectivity index (χ1v) is 9.81. The van der Waals surface area contributed by atoms with E-state index in [1.165, 1.54) is 36.8 Å². The standard InChI is InChI=1S/C21H27NO3/c1-24-15-5-6-16-14(12-15)4-7-18-19(16)25-11-10-22(18)20(23)17-13-21(17)8-2-3-9-21/h5-6,12,17-19H,2-4,7-11,13H2,1H3. The Morgan fingerprint density at radius 1 is 1.32 bits per heavy atom. The van der Waals surface area contributed by atoms with Crippen molar-refractivity contribution >= 4 is 5.91 Å². The van der Waals surface area contributed by atoms with Crippen LogP contribution in [0, 0.1) is 11.3 Å². The largest absolute Gasteiger partial charge is 0.497 e. The summed E-state index contributed by atoms with van der Waals surface area (Å²) in [4.78, 5) is 15.4. The molecule has 4 aliphatic rings. The number of carbonyl (C=O) groups is 1. The Kier molecular flexibility index (Phi) is 3.60. The zero-order chi connectivity index (χ0) is 17.0. The lowest BCUT2D eigenvalue weighted by Crippen LogP contribution is -2.52. The van der Waals surface area contributed by atoms with Crippen LogP contribution in [0.2, 0.25) is 0 Å². The minimum absolute atomic E-state index is 0.0330. The van der Waals surface area contributed by atoms with E-state index in [1.54, 1.807) is 7.11 Å². The number of fused-ring (bicyclic) bond motifs is 3. The van der Waals surface area contributed by atoms with Gasteiger partial charge in [-0.1, -0.05) is 18.9 Å². The number of ether oxygens (including phenoxy) is 2. The van der Waals surface area contributed by atoms with E-state index in [0.717, 1.165) is 31.6 Å². The van der Waals surface area contributed by atoms with Crippen LogP contribution in [-0.2, 0) is 16.0 Å². The highest BCUT2D eigenvalue weighted by Crippen LogP contribution is 2.63. The van der Waals surface area contributed by atoms with Crippen molar-refractivity contribution in [1.29, 1.82) is 0 Å². The van der Waals surface area contributed by atoms with Gasteiger partial charge in [0.25, 0.3) is 0 Å². The molecule has 1 heterocycles. The summed E-state index contributed by atoms with van der Waals surface area (Å²) >= 11 is 0. The van der Waals surface area contributed by atoms with Gasteiger partial charge < -0.3 is 14.4 Å². The molecule has 3 atom stereocenters. The van der Waals surface area contributed by atoms with E-state index in [4.69, 9.17) is 9.47 Å². The number of carbonyl (C=O) groups excluding carboxylic acids is 1. The molecular formula is C21H27NO3. The monoisotopic (exact) mass is 341 g/mol. The summed E-state index contributed by atoms with van der Waals surface area (Å²) in [6.07, 6.45) is 8.32. The molecule has 1 aliphatic heterocycles. The zero-order valence-corrected chi connectivity index (χ0v) is 15.0. The number of aryl methyl sites for hydroxylation is 1. The highest BCUT2D eigenvalue weighted by Gasteiger charge is 2.60. The van der Waals surface area contributed by atoms with Crippen LogP contribution in [0.25, 0.3) is 0 Å². The molecule has 1 aromatic carbocycles. The van der Waals surface area contributed by atoms with Gasteiger partial charge in [0, 0.05) is 12.5 Å². The predicted octanol–water partition coefficient (Wildman–Crippen LogP) is 3.49. The summed E-state index contributed by atoms with van der Waals surface area (Å²) in [6.45, 7) is 1.41. The van der Waals surface area contributed by atoms with Crippen molar-refractivity contribution in [2.75, 3.05) is 20.3 Å². The Hall–Kier alpha value is -1.55. The van der Waals surface area contributed by atoms with Gasteiger partial charge in [0.15, 0.2) is 0 Å². The molecular weight excluding hydrogens is 314 g/mol. The Balaban J connectivity index is 1.38. The van der Waals surface area contributed by atoms with Gasteiger partial charge in [0.2, 0.25) is 5.91 Å². The van der Waals surface area contributed by atoms with E-state index in [2.05, 4.69) is 17.0 Å². The lowest BCUT2D eigenvalue weighted by Gasteiger charge is -2.45. The number of methoxy groups -OCH3 is 1. The lowest BCUT2D eigenvalue weighted by atomic mass is 9.83. The molecule has 0 radical (unpaired) electrons. The SMILES string of the molecule is COc1ccc2c(c1)CCC1C2OCCN1C(=O)C1CC12CCCC2. The van der Waals surface area contributed by atoms with E-state index in [-0.39, 0.29) is 12.1 Å². The van der Waals surface area contributed by atoms with Crippen LogP contribution in [0.5, 0.6) is 5.75 Å². The van der Waals surface area contributed by atoms with Crippen molar-refractivity contribution in [2.45, 2.75) is 57.1 Å². The lowest BCUT2D eigenvalue weighted by molar-refractivity contribution is -0.150.